The van der Waals surface area contributed by atoms with Crippen molar-refractivity contribution >= 4 is 5.91 Å². The molecule has 0 aliphatic carbocycles. The van der Waals surface area contributed by atoms with Crippen LogP contribution in [0.25, 0.3) is 0 Å². The molecule has 1 aliphatic heterocycles. The monoisotopic (exact) mass is 297 g/mol. The maximum Gasteiger partial charge on any atom is 0.241 e. The minimum Gasteiger partial charge on any atom is -0.325 e. The minimum absolute atomic E-state index is 0.0399. The fourth-order valence-electron chi connectivity index (χ4n) is 3.36. The lowest BCUT2D eigenvalue weighted by atomic mass is 10.1. The highest BCUT2D eigenvalue weighted by molar-refractivity contribution is 5.84. The smallest absolute Gasteiger partial charge is 0.241 e. The Balaban J connectivity index is 2.66. The van der Waals surface area contributed by atoms with E-state index in [1.54, 1.807) is 0 Å². The molecule has 1 saturated heterocycles. The highest BCUT2D eigenvalue weighted by Crippen LogP contribution is 2.18. The molecule has 0 spiro atoms. The fourth-order valence-corrected chi connectivity index (χ4v) is 3.36. The number of carbonyl (C=O) groups is 1. The normalized spacial score (nSPS) is 23.1. The fraction of sp³-hybridized carbons (Fsp3) is 0.941. The summed E-state index contributed by atoms with van der Waals surface area (Å²) in [6.45, 7) is 15.1. The highest BCUT2D eigenvalue weighted by Gasteiger charge is 2.37. The molecule has 1 fully saturated rings. The van der Waals surface area contributed by atoms with Gasteiger partial charge >= 0.3 is 0 Å². The molecular formula is C17H35N3O. The van der Waals surface area contributed by atoms with Crippen LogP contribution in [-0.2, 0) is 4.79 Å². The van der Waals surface area contributed by atoms with Crippen LogP contribution in [0.15, 0.2) is 0 Å². The Morgan fingerprint density at radius 2 is 1.67 bits per heavy atom. The SMILES string of the molecule is CCCC1NC(CCC)N(CCN(C(C)C)C(C)C)C1=O. The van der Waals surface area contributed by atoms with Gasteiger partial charge in [0.25, 0.3) is 0 Å². The van der Waals surface area contributed by atoms with Crippen LogP contribution in [-0.4, -0.2) is 53.1 Å². The third-order valence-corrected chi connectivity index (χ3v) is 4.42. The molecule has 1 heterocycles. The molecule has 0 aromatic heterocycles. The van der Waals surface area contributed by atoms with E-state index in [1.165, 1.54) is 0 Å². The summed E-state index contributed by atoms with van der Waals surface area (Å²) in [6, 6.07) is 1.08. The van der Waals surface area contributed by atoms with Gasteiger partial charge in [0.15, 0.2) is 0 Å². The second kappa shape index (κ2) is 8.74. The van der Waals surface area contributed by atoms with E-state index in [4.69, 9.17) is 0 Å². The maximum atomic E-state index is 12.6. The van der Waals surface area contributed by atoms with Gasteiger partial charge in [-0.15, -0.1) is 0 Å². The molecule has 4 nitrogen and oxygen atoms in total. The Morgan fingerprint density at radius 3 is 2.14 bits per heavy atom. The quantitative estimate of drug-likeness (QED) is 0.711. The average Bonchev–Trinajstić information content (AvgIpc) is 2.67. The summed E-state index contributed by atoms with van der Waals surface area (Å²) in [6.07, 6.45) is 4.40. The van der Waals surface area contributed by atoms with E-state index >= 15 is 0 Å². The summed E-state index contributed by atoms with van der Waals surface area (Å²) in [4.78, 5) is 17.1. The van der Waals surface area contributed by atoms with Crippen molar-refractivity contribution in [1.29, 1.82) is 0 Å². The van der Waals surface area contributed by atoms with Crippen molar-refractivity contribution < 1.29 is 4.79 Å². The molecular weight excluding hydrogens is 262 g/mol. The largest absolute Gasteiger partial charge is 0.325 e. The van der Waals surface area contributed by atoms with Gasteiger partial charge in [-0.05, 0) is 40.5 Å². The molecule has 4 heteroatoms. The van der Waals surface area contributed by atoms with Crippen molar-refractivity contribution in [3.63, 3.8) is 0 Å². The lowest BCUT2D eigenvalue weighted by molar-refractivity contribution is -0.130. The summed E-state index contributed by atoms with van der Waals surface area (Å²) >= 11 is 0. The van der Waals surface area contributed by atoms with E-state index in [2.05, 4.69) is 56.7 Å². The molecule has 0 bridgehead atoms. The second-order valence-corrected chi connectivity index (χ2v) is 6.77. The van der Waals surface area contributed by atoms with Crippen molar-refractivity contribution in [3.8, 4) is 0 Å². The summed E-state index contributed by atoms with van der Waals surface area (Å²) < 4.78 is 0. The van der Waals surface area contributed by atoms with Gasteiger partial charge in [0.05, 0.1) is 12.2 Å². The summed E-state index contributed by atoms with van der Waals surface area (Å²) in [7, 11) is 0. The first kappa shape index (κ1) is 18.4. The van der Waals surface area contributed by atoms with Gasteiger partial charge in [-0.25, -0.2) is 0 Å². The number of carbonyl (C=O) groups excluding carboxylic acids is 1. The minimum atomic E-state index is 0.0399. The molecule has 0 saturated carbocycles. The number of nitrogens with zero attached hydrogens (tertiary/aromatic N) is 2. The van der Waals surface area contributed by atoms with E-state index in [9.17, 15) is 4.79 Å². The molecule has 2 unspecified atom stereocenters. The highest BCUT2D eigenvalue weighted by atomic mass is 16.2. The number of hydrogen-bond acceptors (Lipinski definition) is 3. The summed E-state index contributed by atoms with van der Waals surface area (Å²) in [5.41, 5.74) is 0. The first-order valence-electron chi connectivity index (χ1n) is 8.74. The zero-order valence-corrected chi connectivity index (χ0v) is 14.9. The molecule has 1 amide bonds. The number of amides is 1. The van der Waals surface area contributed by atoms with Crippen LogP contribution >= 0.6 is 0 Å². The van der Waals surface area contributed by atoms with E-state index in [-0.39, 0.29) is 12.2 Å². The van der Waals surface area contributed by atoms with Crippen molar-refractivity contribution in [1.82, 2.24) is 15.1 Å². The predicted octanol–water partition coefficient (Wildman–Crippen LogP) is 2.83. The van der Waals surface area contributed by atoms with Crippen LogP contribution in [0.3, 0.4) is 0 Å². The Morgan fingerprint density at radius 1 is 1.10 bits per heavy atom. The lowest BCUT2D eigenvalue weighted by Crippen LogP contribution is -2.46. The van der Waals surface area contributed by atoms with Crippen LogP contribution in [0.4, 0.5) is 0 Å². The van der Waals surface area contributed by atoms with Gasteiger partial charge in [0, 0.05) is 25.2 Å². The Hall–Kier alpha value is -0.610. The summed E-state index contributed by atoms with van der Waals surface area (Å²) in [5.74, 6) is 0.308. The Labute approximate surface area is 131 Å². The molecule has 0 aromatic carbocycles. The van der Waals surface area contributed by atoms with Gasteiger partial charge in [-0.3, -0.25) is 15.0 Å². The molecule has 124 valence electrons. The van der Waals surface area contributed by atoms with E-state index in [0.29, 0.717) is 18.0 Å². The molecule has 2 atom stereocenters. The first-order chi connectivity index (χ1) is 9.92. The van der Waals surface area contributed by atoms with Crippen molar-refractivity contribution in [2.45, 2.75) is 91.5 Å². The van der Waals surface area contributed by atoms with Crippen LogP contribution in [0.1, 0.15) is 67.2 Å². The van der Waals surface area contributed by atoms with Gasteiger partial charge in [-0.1, -0.05) is 26.7 Å². The van der Waals surface area contributed by atoms with Gasteiger partial charge in [0.2, 0.25) is 5.91 Å². The molecule has 0 aromatic rings. The Kier molecular flexibility index (Phi) is 7.67. The van der Waals surface area contributed by atoms with Gasteiger partial charge in [-0.2, -0.15) is 0 Å². The molecule has 1 rings (SSSR count). The maximum absolute atomic E-state index is 12.6. The van der Waals surface area contributed by atoms with Crippen molar-refractivity contribution in [2.75, 3.05) is 13.1 Å². The van der Waals surface area contributed by atoms with E-state index in [1.807, 2.05) is 0 Å². The predicted molar refractivity (Wildman–Crippen MR) is 89.2 cm³/mol. The first-order valence-corrected chi connectivity index (χ1v) is 8.74. The van der Waals surface area contributed by atoms with Gasteiger partial charge < -0.3 is 4.90 Å². The third-order valence-electron chi connectivity index (χ3n) is 4.42. The van der Waals surface area contributed by atoms with Crippen molar-refractivity contribution in [3.05, 3.63) is 0 Å². The van der Waals surface area contributed by atoms with E-state index in [0.717, 1.165) is 38.8 Å². The summed E-state index contributed by atoms with van der Waals surface area (Å²) in [5, 5.41) is 3.53. The number of rotatable bonds is 9. The van der Waals surface area contributed by atoms with Crippen LogP contribution < -0.4 is 5.32 Å². The third kappa shape index (κ3) is 4.96. The topological polar surface area (TPSA) is 35.6 Å². The van der Waals surface area contributed by atoms with Crippen LogP contribution in [0, 0.1) is 0 Å². The molecule has 0 radical (unpaired) electrons. The number of hydrogen-bond donors (Lipinski definition) is 1. The second-order valence-electron chi connectivity index (χ2n) is 6.77. The van der Waals surface area contributed by atoms with Gasteiger partial charge in [0.1, 0.15) is 0 Å². The number of nitrogens with one attached hydrogen (secondary N) is 1. The van der Waals surface area contributed by atoms with Crippen LogP contribution in [0.5, 0.6) is 0 Å². The van der Waals surface area contributed by atoms with Crippen LogP contribution in [0.2, 0.25) is 0 Å². The van der Waals surface area contributed by atoms with Crippen molar-refractivity contribution in [2.24, 2.45) is 0 Å². The Bertz CT molecular complexity index is 309. The lowest BCUT2D eigenvalue weighted by Gasteiger charge is -2.33. The molecule has 1 aliphatic rings. The molecule has 1 N–H and O–H groups in total. The zero-order valence-electron chi connectivity index (χ0n) is 14.9. The molecule has 21 heavy (non-hydrogen) atoms. The average molecular weight is 297 g/mol. The van der Waals surface area contributed by atoms with E-state index < -0.39 is 0 Å². The standard InChI is InChI=1S/C17H35N3O/c1-7-9-15-17(21)20(16(18-15)10-8-2)12-11-19(13(3)4)14(5)6/h13-16,18H,7-12H2,1-6H3. The zero-order chi connectivity index (χ0) is 16.0.